The van der Waals surface area contributed by atoms with Gasteiger partial charge in [0.2, 0.25) is 0 Å². The van der Waals surface area contributed by atoms with Crippen LogP contribution in [-0.2, 0) is 6.54 Å². The highest BCUT2D eigenvalue weighted by Gasteiger charge is 2.08. The topological polar surface area (TPSA) is 77.8 Å². The van der Waals surface area contributed by atoms with Crippen molar-refractivity contribution >= 4 is 17.3 Å². The molecule has 6 heteroatoms. The molecule has 0 unspecified atom stereocenters. The summed E-state index contributed by atoms with van der Waals surface area (Å²) < 4.78 is 12.9. The SMILES string of the molecule is N#Cc1cccc(NC(=O)c2cncc(NCc3ccc(F)cc3)c2)c1. The molecule has 128 valence electrons. The number of pyridine rings is 1. The number of halogens is 1. The Balaban J connectivity index is 1.67. The molecule has 3 aromatic rings. The summed E-state index contributed by atoms with van der Waals surface area (Å²) in [6.07, 6.45) is 3.07. The molecule has 1 amide bonds. The number of rotatable bonds is 5. The van der Waals surface area contributed by atoms with Gasteiger partial charge in [-0.25, -0.2) is 4.39 Å². The number of carbonyl (C=O) groups excluding carboxylic acids is 1. The predicted octanol–water partition coefficient (Wildman–Crippen LogP) is 3.96. The van der Waals surface area contributed by atoms with Crippen LogP contribution in [-0.4, -0.2) is 10.9 Å². The highest BCUT2D eigenvalue weighted by atomic mass is 19.1. The predicted molar refractivity (Wildman–Crippen MR) is 97.1 cm³/mol. The number of carbonyl (C=O) groups is 1. The van der Waals surface area contributed by atoms with Gasteiger partial charge in [-0.2, -0.15) is 5.26 Å². The molecule has 1 aromatic heterocycles. The molecular weight excluding hydrogens is 331 g/mol. The van der Waals surface area contributed by atoms with E-state index < -0.39 is 0 Å². The Morgan fingerprint density at radius 3 is 2.65 bits per heavy atom. The fraction of sp³-hybridized carbons (Fsp3) is 0.0500. The molecule has 0 fully saturated rings. The molecule has 0 aliphatic carbocycles. The lowest BCUT2D eigenvalue weighted by molar-refractivity contribution is 0.102. The zero-order chi connectivity index (χ0) is 18.4. The zero-order valence-corrected chi connectivity index (χ0v) is 13.7. The normalized spacial score (nSPS) is 10.0. The van der Waals surface area contributed by atoms with Crippen molar-refractivity contribution in [3.05, 3.63) is 89.5 Å². The van der Waals surface area contributed by atoms with Gasteiger partial charge in [0.15, 0.2) is 0 Å². The Bertz CT molecular complexity index is 964. The van der Waals surface area contributed by atoms with E-state index >= 15 is 0 Å². The molecular formula is C20H15FN4O. The van der Waals surface area contributed by atoms with Gasteiger partial charge in [-0.05, 0) is 42.0 Å². The summed E-state index contributed by atoms with van der Waals surface area (Å²) in [5, 5.41) is 14.8. The number of benzene rings is 2. The Morgan fingerprint density at radius 1 is 1.08 bits per heavy atom. The van der Waals surface area contributed by atoms with Crippen LogP contribution >= 0.6 is 0 Å². The number of amides is 1. The molecule has 2 aromatic carbocycles. The van der Waals surface area contributed by atoms with Gasteiger partial charge in [0.1, 0.15) is 5.82 Å². The summed E-state index contributed by atoms with van der Waals surface area (Å²) in [6.45, 7) is 0.483. The number of aromatic nitrogens is 1. The summed E-state index contributed by atoms with van der Waals surface area (Å²) in [7, 11) is 0. The fourth-order valence-electron chi connectivity index (χ4n) is 2.34. The third-order valence-corrected chi connectivity index (χ3v) is 3.66. The molecule has 5 nitrogen and oxygen atoms in total. The second-order valence-corrected chi connectivity index (χ2v) is 5.59. The van der Waals surface area contributed by atoms with Gasteiger partial charge in [0, 0.05) is 24.6 Å². The van der Waals surface area contributed by atoms with Crippen LogP contribution in [0.4, 0.5) is 15.8 Å². The van der Waals surface area contributed by atoms with Crippen molar-refractivity contribution in [2.24, 2.45) is 0 Å². The van der Waals surface area contributed by atoms with Crippen LogP contribution in [0.25, 0.3) is 0 Å². The molecule has 0 saturated carbocycles. The number of nitriles is 1. The van der Waals surface area contributed by atoms with Crippen molar-refractivity contribution in [2.75, 3.05) is 10.6 Å². The van der Waals surface area contributed by atoms with Gasteiger partial charge >= 0.3 is 0 Å². The maximum absolute atomic E-state index is 12.9. The molecule has 0 radical (unpaired) electrons. The maximum Gasteiger partial charge on any atom is 0.257 e. The van der Waals surface area contributed by atoms with E-state index in [2.05, 4.69) is 15.6 Å². The molecule has 26 heavy (non-hydrogen) atoms. The van der Waals surface area contributed by atoms with Crippen molar-refractivity contribution in [1.29, 1.82) is 5.26 Å². The first-order chi connectivity index (χ1) is 12.6. The quantitative estimate of drug-likeness (QED) is 0.733. The summed E-state index contributed by atoms with van der Waals surface area (Å²) in [5.74, 6) is -0.604. The highest BCUT2D eigenvalue weighted by Crippen LogP contribution is 2.14. The van der Waals surface area contributed by atoms with E-state index in [4.69, 9.17) is 5.26 Å². The van der Waals surface area contributed by atoms with E-state index in [0.717, 1.165) is 5.56 Å². The van der Waals surface area contributed by atoms with E-state index in [1.807, 2.05) is 6.07 Å². The Labute approximate surface area is 150 Å². The van der Waals surface area contributed by atoms with Crippen LogP contribution in [0.1, 0.15) is 21.5 Å². The van der Waals surface area contributed by atoms with E-state index in [-0.39, 0.29) is 11.7 Å². The number of anilines is 2. The lowest BCUT2D eigenvalue weighted by Crippen LogP contribution is -2.13. The molecule has 0 bridgehead atoms. The first kappa shape index (κ1) is 17.1. The first-order valence-corrected chi connectivity index (χ1v) is 7.89. The van der Waals surface area contributed by atoms with Gasteiger partial charge < -0.3 is 10.6 Å². The minimum atomic E-state index is -0.321. The van der Waals surface area contributed by atoms with Crippen molar-refractivity contribution in [3.8, 4) is 6.07 Å². The minimum Gasteiger partial charge on any atom is -0.380 e. The van der Waals surface area contributed by atoms with Crippen molar-refractivity contribution < 1.29 is 9.18 Å². The summed E-state index contributed by atoms with van der Waals surface area (Å²) in [4.78, 5) is 16.4. The highest BCUT2D eigenvalue weighted by molar-refractivity contribution is 6.04. The van der Waals surface area contributed by atoms with Crippen LogP contribution in [0.3, 0.4) is 0 Å². The van der Waals surface area contributed by atoms with Gasteiger partial charge in [-0.3, -0.25) is 9.78 Å². The summed E-state index contributed by atoms with van der Waals surface area (Å²) in [5.41, 5.74) is 2.98. The number of nitrogens with one attached hydrogen (secondary N) is 2. The molecule has 0 aliphatic heterocycles. The monoisotopic (exact) mass is 346 g/mol. The van der Waals surface area contributed by atoms with Crippen molar-refractivity contribution in [1.82, 2.24) is 4.98 Å². The third kappa shape index (κ3) is 4.42. The van der Waals surface area contributed by atoms with E-state index in [9.17, 15) is 9.18 Å². The third-order valence-electron chi connectivity index (χ3n) is 3.66. The van der Waals surface area contributed by atoms with E-state index in [1.165, 1.54) is 18.3 Å². The fourth-order valence-corrected chi connectivity index (χ4v) is 2.34. The van der Waals surface area contributed by atoms with Crippen molar-refractivity contribution in [3.63, 3.8) is 0 Å². The minimum absolute atomic E-state index is 0.283. The number of nitrogens with zero attached hydrogens (tertiary/aromatic N) is 2. The molecule has 0 atom stereocenters. The van der Waals surface area contributed by atoms with Crippen LogP contribution in [0.2, 0.25) is 0 Å². The second kappa shape index (κ2) is 7.90. The first-order valence-electron chi connectivity index (χ1n) is 7.89. The van der Waals surface area contributed by atoms with Crippen LogP contribution in [0.15, 0.2) is 67.0 Å². The van der Waals surface area contributed by atoms with Crippen LogP contribution < -0.4 is 10.6 Å². The molecule has 2 N–H and O–H groups in total. The Hall–Kier alpha value is -3.72. The molecule has 0 aliphatic rings. The standard InChI is InChI=1S/C20H15FN4O/c21-17-6-4-14(5-7-17)11-24-19-9-16(12-23-13-19)20(26)25-18-3-1-2-15(8-18)10-22/h1-9,12-13,24H,11H2,(H,25,26). The van der Waals surface area contributed by atoms with Gasteiger partial charge in [-0.1, -0.05) is 18.2 Å². The van der Waals surface area contributed by atoms with Gasteiger partial charge in [-0.15, -0.1) is 0 Å². The number of hydrogen-bond acceptors (Lipinski definition) is 4. The van der Waals surface area contributed by atoms with Crippen LogP contribution in [0.5, 0.6) is 0 Å². The van der Waals surface area contributed by atoms with E-state index in [1.54, 1.807) is 48.7 Å². The molecule has 0 saturated heterocycles. The lowest BCUT2D eigenvalue weighted by atomic mass is 10.2. The van der Waals surface area contributed by atoms with Gasteiger partial charge in [0.25, 0.3) is 5.91 Å². The average molecular weight is 346 g/mol. The smallest absolute Gasteiger partial charge is 0.257 e. The Kier molecular flexibility index (Phi) is 5.20. The maximum atomic E-state index is 12.9. The zero-order valence-electron chi connectivity index (χ0n) is 13.7. The molecule has 3 rings (SSSR count). The lowest BCUT2D eigenvalue weighted by Gasteiger charge is -2.09. The summed E-state index contributed by atoms with van der Waals surface area (Å²) >= 11 is 0. The van der Waals surface area contributed by atoms with Crippen molar-refractivity contribution in [2.45, 2.75) is 6.54 Å². The molecule has 0 spiro atoms. The Morgan fingerprint density at radius 2 is 1.88 bits per heavy atom. The average Bonchev–Trinajstić information content (AvgIpc) is 2.68. The van der Waals surface area contributed by atoms with Gasteiger partial charge in [0.05, 0.1) is 22.9 Å². The van der Waals surface area contributed by atoms with Crippen LogP contribution in [0, 0.1) is 17.1 Å². The second-order valence-electron chi connectivity index (χ2n) is 5.59. The van der Waals surface area contributed by atoms with E-state index in [0.29, 0.717) is 29.0 Å². The number of hydrogen-bond donors (Lipinski definition) is 2. The molecule has 1 heterocycles. The largest absolute Gasteiger partial charge is 0.380 e. The summed E-state index contributed by atoms with van der Waals surface area (Å²) in [6, 6.07) is 16.6.